The zero-order valence-corrected chi connectivity index (χ0v) is 14.4. The van der Waals surface area contributed by atoms with Gasteiger partial charge in [-0.2, -0.15) is 21.0 Å². The molecule has 2 rings (SSSR count). The molecule has 1 unspecified atom stereocenters. The first-order valence-corrected chi connectivity index (χ1v) is 6.12. The van der Waals surface area contributed by atoms with Crippen molar-refractivity contribution in [1.29, 1.82) is 21.0 Å². The van der Waals surface area contributed by atoms with Crippen LogP contribution in [0.4, 0.5) is 0 Å². The number of hydrogen-bond acceptors (Lipinski definition) is 4. The topological polar surface area (TPSA) is 135 Å². The van der Waals surface area contributed by atoms with E-state index >= 15 is 0 Å². The molecule has 0 aliphatic heterocycles. The molecule has 1 aliphatic carbocycles. The van der Waals surface area contributed by atoms with Crippen LogP contribution in [0.1, 0.15) is 13.8 Å². The molecule has 7 heteroatoms. The van der Waals surface area contributed by atoms with Gasteiger partial charge in [-0.15, -0.1) is 5.92 Å². The van der Waals surface area contributed by atoms with E-state index in [9.17, 15) is 0 Å². The fourth-order valence-corrected chi connectivity index (χ4v) is 2.51. The van der Waals surface area contributed by atoms with Crippen LogP contribution in [0.5, 0.6) is 0 Å². The van der Waals surface area contributed by atoms with Gasteiger partial charge >= 0.3 is 39.7 Å². The summed E-state index contributed by atoms with van der Waals surface area (Å²) in [4.78, 5) is 0. The van der Waals surface area contributed by atoms with E-state index in [-0.39, 0.29) is 17.1 Å². The molecule has 1 aromatic carbocycles. The predicted octanol–water partition coefficient (Wildman–Crippen LogP) is 2.07. The van der Waals surface area contributed by atoms with Crippen molar-refractivity contribution in [3.8, 4) is 24.3 Å². The standard InChI is InChI=1S/C11H9N4.C5H.2CO.Fe/c1-8-9(2,3)11(6-14,7-15)10(8,4-12)5-13;1-2-4-5-3-1;2*1-2;/h8H,1H2,2-3H3;1H;;;/q-1;-5;;;+6. The average molecular weight is 370 g/mol. The summed E-state index contributed by atoms with van der Waals surface area (Å²) in [5, 5.41) is 36.2. The fraction of sp³-hybridized carbons (Fsp3) is 0.333. The van der Waals surface area contributed by atoms with E-state index in [1.165, 1.54) is 0 Å². The predicted molar refractivity (Wildman–Crippen MR) is 75.2 cm³/mol. The van der Waals surface area contributed by atoms with Gasteiger partial charge in [-0.3, -0.25) is 0 Å². The SMILES string of the molecule is [C-]#[O+].[C-]#[O+].[CH2-]C1C(C)(C)C(C#N)(C#N)C1(C#N)C#N.[Fe+6].[c-]1[c-][c-][cH-][c-]1. The van der Waals surface area contributed by atoms with E-state index in [0.29, 0.717) is 0 Å². The molecule has 0 bridgehead atoms. The first kappa shape index (κ1) is 27.2. The Kier molecular flexibility index (Phi) is 12.8. The minimum atomic E-state index is -1.61. The summed E-state index contributed by atoms with van der Waals surface area (Å²) < 4.78 is 15.0. The first-order chi connectivity index (χ1) is 11.4. The molecular weight excluding hydrogens is 360 g/mol. The second-order valence-electron chi connectivity index (χ2n) is 4.96. The van der Waals surface area contributed by atoms with E-state index in [1.807, 2.05) is 12.1 Å². The van der Waals surface area contributed by atoms with Crippen molar-refractivity contribution in [3.63, 3.8) is 0 Å². The van der Waals surface area contributed by atoms with Crippen LogP contribution >= 0.6 is 0 Å². The average Bonchev–Trinajstić information content (AvgIpc) is 3.22. The van der Waals surface area contributed by atoms with Gasteiger partial charge in [0, 0.05) is 0 Å². The van der Waals surface area contributed by atoms with E-state index in [0.717, 1.165) is 0 Å². The number of nitriles is 4. The maximum Gasteiger partial charge on any atom is 6.00 e. The van der Waals surface area contributed by atoms with E-state index < -0.39 is 22.2 Å². The minimum Gasteiger partial charge on any atom is -0.999 e. The Balaban J connectivity index is -0.000000404. The van der Waals surface area contributed by atoms with Gasteiger partial charge in [0.1, 0.15) is 0 Å². The Bertz CT molecular complexity index is 670. The third-order valence-corrected chi connectivity index (χ3v) is 3.99. The normalized spacial score (nSPS) is 18.8. The van der Waals surface area contributed by atoms with Gasteiger partial charge in [0.15, 0.2) is 10.8 Å². The van der Waals surface area contributed by atoms with E-state index in [2.05, 4.69) is 44.5 Å². The largest absolute Gasteiger partial charge is 6.00 e. The Hall–Kier alpha value is -2.69. The quantitative estimate of drug-likeness (QED) is 0.392. The van der Waals surface area contributed by atoms with Crippen LogP contribution < -0.4 is 0 Å². The first-order valence-electron chi connectivity index (χ1n) is 6.12. The molecule has 1 atom stereocenters. The van der Waals surface area contributed by atoms with Crippen molar-refractivity contribution in [3.05, 3.63) is 50.6 Å². The second-order valence-corrected chi connectivity index (χ2v) is 4.96. The van der Waals surface area contributed by atoms with Gasteiger partial charge in [0.05, 0.1) is 24.3 Å². The third-order valence-electron chi connectivity index (χ3n) is 3.99. The molecule has 1 aliphatic rings. The summed E-state index contributed by atoms with van der Waals surface area (Å²) in [5.74, 6) is -0.542. The Morgan fingerprint density at radius 3 is 1.44 bits per heavy atom. The zero-order valence-electron chi connectivity index (χ0n) is 13.3. The fourth-order valence-electron chi connectivity index (χ4n) is 2.51. The Morgan fingerprint density at radius 1 is 0.920 bits per heavy atom. The molecule has 0 heterocycles. The minimum absolute atomic E-state index is 0. The molecule has 1 aromatic rings. The molecule has 1 fully saturated rings. The van der Waals surface area contributed by atoms with Gasteiger partial charge in [-0.05, 0) is 5.41 Å². The van der Waals surface area contributed by atoms with Crippen molar-refractivity contribution in [2.45, 2.75) is 13.8 Å². The molecule has 25 heavy (non-hydrogen) atoms. The molecule has 0 N–H and O–H groups in total. The smallest absolute Gasteiger partial charge is 0.999 e. The second kappa shape index (κ2) is 11.8. The molecule has 122 valence electrons. The Labute approximate surface area is 158 Å². The van der Waals surface area contributed by atoms with Gasteiger partial charge in [-0.25, -0.2) is 0 Å². The van der Waals surface area contributed by atoms with Crippen LogP contribution in [0.25, 0.3) is 0 Å². The molecule has 6 nitrogen and oxygen atoms in total. The van der Waals surface area contributed by atoms with Gasteiger partial charge < -0.3 is 37.3 Å². The van der Waals surface area contributed by atoms with Gasteiger partial charge in [0.25, 0.3) is 0 Å². The van der Waals surface area contributed by atoms with E-state index in [4.69, 9.17) is 30.4 Å². The van der Waals surface area contributed by atoms with E-state index in [1.54, 1.807) is 32.1 Å². The van der Waals surface area contributed by atoms with Crippen LogP contribution in [-0.4, -0.2) is 0 Å². The zero-order chi connectivity index (χ0) is 19.4. The summed E-state index contributed by atoms with van der Waals surface area (Å²) in [6.07, 6.45) is 0. The maximum absolute atomic E-state index is 9.09. The van der Waals surface area contributed by atoms with Crippen molar-refractivity contribution >= 4 is 0 Å². The third kappa shape index (κ3) is 4.05. The molecule has 0 radical (unpaired) electrons. The maximum atomic E-state index is 9.09. The monoisotopic (exact) mass is 370 g/mol. The summed E-state index contributed by atoms with van der Waals surface area (Å²) in [6, 6.07) is 19.3. The van der Waals surface area contributed by atoms with Gasteiger partial charge in [0.2, 0.25) is 0 Å². The van der Waals surface area contributed by atoms with Crippen LogP contribution in [0.2, 0.25) is 0 Å². The summed E-state index contributed by atoms with van der Waals surface area (Å²) in [7, 11) is 0. The van der Waals surface area contributed by atoms with Crippen LogP contribution in [0.3, 0.4) is 0 Å². The summed E-state index contributed by atoms with van der Waals surface area (Å²) >= 11 is 0. The van der Waals surface area contributed by atoms with Crippen molar-refractivity contribution < 1.29 is 26.4 Å². The number of nitrogens with zero attached hydrogens (tertiary/aromatic N) is 4. The van der Waals surface area contributed by atoms with Crippen LogP contribution in [0, 0.1) is 112 Å². The molecule has 0 spiro atoms. The number of rotatable bonds is 0. The van der Waals surface area contributed by atoms with Crippen molar-refractivity contribution in [2.24, 2.45) is 22.2 Å². The van der Waals surface area contributed by atoms with Crippen molar-refractivity contribution in [2.75, 3.05) is 0 Å². The van der Waals surface area contributed by atoms with Gasteiger partial charge in [-0.1, -0.05) is 13.8 Å². The molecular formula is C18H10FeN4O2. The molecule has 1 saturated carbocycles. The molecule has 0 saturated heterocycles. The summed E-state index contributed by atoms with van der Waals surface area (Å²) in [6.45, 7) is 16.1. The molecule has 0 amide bonds. The van der Waals surface area contributed by atoms with Crippen LogP contribution in [0.15, 0.2) is 6.07 Å². The Morgan fingerprint density at radius 2 is 1.28 bits per heavy atom. The van der Waals surface area contributed by atoms with Crippen molar-refractivity contribution in [1.82, 2.24) is 0 Å². The van der Waals surface area contributed by atoms with Crippen LogP contribution in [-0.2, 0) is 26.4 Å². The summed E-state index contributed by atoms with van der Waals surface area (Å²) in [5.41, 5.74) is -3.95. The molecule has 0 aromatic heterocycles. The number of hydrogen-bond donors (Lipinski definition) is 0.